The standard InChI is InChI=1S/C32H31N3O5S/c1-39-27-18-23(26(35(37)38)19-28(27)40-21-22-12-6-4-7-13-22)20-33-32-30(31(36)34-24-14-8-5-9-15-24)25-16-10-2-3-11-17-29(25)41-32/h4-9,12-15,18-20H,2-3,10-11,16-17,21H2,1H3,(H,34,36). The molecule has 210 valence electrons. The van der Waals surface area contributed by atoms with E-state index >= 15 is 0 Å². The number of fused-ring (bicyclic) bond motifs is 1. The maximum atomic E-state index is 13.6. The number of methoxy groups -OCH3 is 1. The molecule has 1 aliphatic carbocycles. The highest BCUT2D eigenvalue weighted by molar-refractivity contribution is 7.16. The summed E-state index contributed by atoms with van der Waals surface area (Å²) in [6.45, 7) is 0.239. The van der Waals surface area contributed by atoms with Crippen LogP contribution in [-0.4, -0.2) is 24.2 Å². The number of nitrogens with zero attached hydrogens (tertiary/aromatic N) is 2. The summed E-state index contributed by atoms with van der Waals surface area (Å²) < 4.78 is 11.4. The second-order valence-corrected chi connectivity index (χ2v) is 10.9. The number of amides is 1. The predicted octanol–water partition coefficient (Wildman–Crippen LogP) is 7.91. The molecule has 0 saturated carbocycles. The lowest BCUT2D eigenvalue weighted by Gasteiger charge is -2.12. The Balaban J connectivity index is 1.50. The zero-order valence-electron chi connectivity index (χ0n) is 22.8. The summed E-state index contributed by atoms with van der Waals surface area (Å²) in [5.41, 5.74) is 3.30. The molecular weight excluding hydrogens is 538 g/mol. The molecule has 0 radical (unpaired) electrons. The molecule has 5 rings (SSSR count). The summed E-state index contributed by atoms with van der Waals surface area (Å²) in [4.78, 5) is 31.0. The Morgan fingerprint density at radius 3 is 2.41 bits per heavy atom. The van der Waals surface area contributed by atoms with Gasteiger partial charge in [0.1, 0.15) is 11.6 Å². The molecule has 0 fully saturated rings. The summed E-state index contributed by atoms with van der Waals surface area (Å²) in [6.07, 6.45) is 7.49. The first-order chi connectivity index (χ1) is 20.0. The number of para-hydroxylation sites is 1. The topological polar surface area (TPSA) is 103 Å². The number of carbonyl (C=O) groups is 1. The van der Waals surface area contributed by atoms with Crippen LogP contribution < -0.4 is 14.8 Å². The van der Waals surface area contributed by atoms with Crippen molar-refractivity contribution < 1.29 is 19.2 Å². The van der Waals surface area contributed by atoms with E-state index in [4.69, 9.17) is 9.47 Å². The number of ether oxygens (including phenoxy) is 2. The maximum absolute atomic E-state index is 13.6. The van der Waals surface area contributed by atoms with Crippen molar-refractivity contribution in [3.05, 3.63) is 110 Å². The molecule has 0 spiro atoms. The highest BCUT2D eigenvalue weighted by atomic mass is 32.1. The van der Waals surface area contributed by atoms with Gasteiger partial charge in [-0.05, 0) is 55.0 Å². The van der Waals surface area contributed by atoms with Gasteiger partial charge in [-0.3, -0.25) is 14.9 Å². The highest BCUT2D eigenvalue weighted by Gasteiger charge is 2.25. The molecular formula is C32H31N3O5S. The van der Waals surface area contributed by atoms with Gasteiger partial charge in [-0.2, -0.15) is 0 Å². The quantitative estimate of drug-likeness (QED) is 0.125. The number of anilines is 1. The van der Waals surface area contributed by atoms with Crippen molar-refractivity contribution >= 4 is 39.8 Å². The number of nitro benzene ring substituents is 1. The predicted molar refractivity (Wildman–Crippen MR) is 162 cm³/mol. The van der Waals surface area contributed by atoms with Gasteiger partial charge in [-0.1, -0.05) is 61.4 Å². The molecule has 0 aliphatic heterocycles. The van der Waals surface area contributed by atoms with E-state index in [1.165, 1.54) is 30.7 Å². The average Bonchev–Trinajstić information content (AvgIpc) is 3.31. The highest BCUT2D eigenvalue weighted by Crippen LogP contribution is 2.40. The van der Waals surface area contributed by atoms with Crippen LogP contribution in [0.2, 0.25) is 0 Å². The molecule has 0 saturated heterocycles. The van der Waals surface area contributed by atoms with Crippen LogP contribution in [0.25, 0.3) is 0 Å². The lowest BCUT2D eigenvalue weighted by atomic mass is 9.96. The fraction of sp³-hybridized carbons (Fsp3) is 0.250. The Hall–Kier alpha value is -4.50. The third-order valence-corrected chi connectivity index (χ3v) is 8.18. The largest absolute Gasteiger partial charge is 0.493 e. The first-order valence-corrected chi connectivity index (χ1v) is 14.4. The van der Waals surface area contributed by atoms with Crippen molar-refractivity contribution in [3.8, 4) is 11.5 Å². The summed E-state index contributed by atoms with van der Waals surface area (Å²) >= 11 is 1.49. The molecule has 41 heavy (non-hydrogen) atoms. The van der Waals surface area contributed by atoms with Crippen molar-refractivity contribution in [3.63, 3.8) is 0 Å². The molecule has 4 aromatic rings. The van der Waals surface area contributed by atoms with Crippen molar-refractivity contribution in [2.75, 3.05) is 12.4 Å². The monoisotopic (exact) mass is 569 g/mol. The lowest BCUT2D eigenvalue weighted by molar-refractivity contribution is -0.385. The minimum absolute atomic E-state index is 0.164. The van der Waals surface area contributed by atoms with E-state index in [0.29, 0.717) is 22.0 Å². The molecule has 8 nitrogen and oxygen atoms in total. The number of hydrogen-bond donors (Lipinski definition) is 1. The Morgan fingerprint density at radius 1 is 1.00 bits per heavy atom. The van der Waals surface area contributed by atoms with Crippen LogP contribution >= 0.6 is 11.3 Å². The number of thiophene rings is 1. The minimum Gasteiger partial charge on any atom is -0.493 e. The van der Waals surface area contributed by atoms with Gasteiger partial charge in [0.2, 0.25) is 0 Å². The Morgan fingerprint density at radius 2 is 1.71 bits per heavy atom. The van der Waals surface area contributed by atoms with E-state index in [1.807, 2.05) is 60.7 Å². The Kier molecular flexibility index (Phi) is 9.05. The smallest absolute Gasteiger partial charge is 0.282 e. The molecule has 1 N–H and O–H groups in total. The molecule has 1 aliphatic rings. The van der Waals surface area contributed by atoms with Gasteiger partial charge in [0.25, 0.3) is 11.6 Å². The number of aryl methyl sites for hydroxylation is 1. The maximum Gasteiger partial charge on any atom is 0.282 e. The second kappa shape index (κ2) is 13.2. The number of aliphatic imine (C=N–C) groups is 1. The summed E-state index contributed by atoms with van der Waals surface area (Å²) in [5, 5.41) is 15.6. The van der Waals surface area contributed by atoms with Crippen LogP contribution in [0.15, 0.2) is 77.8 Å². The van der Waals surface area contributed by atoms with E-state index in [1.54, 1.807) is 6.07 Å². The zero-order valence-corrected chi connectivity index (χ0v) is 23.6. The van der Waals surface area contributed by atoms with Gasteiger partial charge in [-0.15, -0.1) is 11.3 Å². The van der Waals surface area contributed by atoms with E-state index in [2.05, 4.69) is 10.3 Å². The van der Waals surface area contributed by atoms with E-state index in [9.17, 15) is 14.9 Å². The molecule has 9 heteroatoms. The van der Waals surface area contributed by atoms with Crippen molar-refractivity contribution in [2.45, 2.75) is 45.1 Å². The fourth-order valence-corrected chi connectivity index (χ4v) is 6.14. The first kappa shape index (κ1) is 28.0. The number of carbonyl (C=O) groups excluding carboxylic acids is 1. The van der Waals surface area contributed by atoms with Gasteiger partial charge in [0.15, 0.2) is 11.5 Å². The van der Waals surface area contributed by atoms with Gasteiger partial charge in [0.05, 0.1) is 29.2 Å². The third-order valence-electron chi connectivity index (χ3n) is 6.98. The molecule has 0 bridgehead atoms. The van der Waals surface area contributed by atoms with Crippen LogP contribution in [0.1, 0.15) is 57.6 Å². The molecule has 1 amide bonds. The first-order valence-electron chi connectivity index (χ1n) is 13.6. The Labute approximate surface area is 242 Å². The van der Waals surface area contributed by atoms with Crippen molar-refractivity contribution in [1.82, 2.24) is 0 Å². The van der Waals surface area contributed by atoms with Crippen LogP contribution in [0.4, 0.5) is 16.4 Å². The van der Waals surface area contributed by atoms with Gasteiger partial charge < -0.3 is 14.8 Å². The second-order valence-electron chi connectivity index (χ2n) is 9.77. The molecule has 1 aromatic heterocycles. The summed E-state index contributed by atoms with van der Waals surface area (Å²) in [7, 11) is 1.49. The van der Waals surface area contributed by atoms with Crippen LogP contribution in [-0.2, 0) is 19.4 Å². The van der Waals surface area contributed by atoms with E-state index < -0.39 is 4.92 Å². The number of hydrogen-bond acceptors (Lipinski definition) is 7. The zero-order chi connectivity index (χ0) is 28.6. The van der Waals surface area contributed by atoms with Crippen molar-refractivity contribution in [2.24, 2.45) is 4.99 Å². The molecule has 3 aromatic carbocycles. The number of benzene rings is 3. The van der Waals surface area contributed by atoms with Crippen molar-refractivity contribution in [1.29, 1.82) is 0 Å². The summed E-state index contributed by atoms with van der Waals surface area (Å²) in [6, 6.07) is 21.8. The SMILES string of the molecule is COc1cc(C=Nc2sc3c(c2C(=O)Nc2ccccc2)CCCCCC3)c([N+](=O)[O-])cc1OCc1ccccc1. The van der Waals surface area contributed by atoms with E-state index in [0.717, 1.165) is 54.5 Å². The lowest BCUT2D eigenvalue weighted by Crippen LogP contribution is -2.14. The van der Waals surface area contributed by atoms with Gasteiger partial charge in [-0.25, -0.2) is 4.99 Å². The number of nitro groups is 1. The molecule has 0 unspecified atom stereocenters. The Bertz CT molecular complexity index is 1550. The molecule has 0 atom stereocenters. The minimum atomic E-state index is -0.465. The summed E-state index contributed by atoms with van der Waals surface area (Å²) in [5.74, 6) is 0.397. The molecule has 1 heterocycles. The van der Waals surface area contributed by atoms with Gasteiger partial charge >= 0.3 is 0 Å². The fourth-order valence-electron chi connectivity index (χ4n) is 4.91. The third kappa shape index (κ3) is 6.81. The normalized spacial score (nSPS) is 13.2. The van der Waals surface area contributed by atoms with Crippen LogP contribution in [0.3, 0.4) is 0 Å². The van der Waals surface area contributed by atoms with Crippen LogP contribution in [0.5, 0.6) is 11.5 Å². The van der Waals surface area contributed by atoms with Crippen LogP contribution in [0, 0.1) is 10.1 Å². The average molecular weight is 570 g/mol. The van der Waals surface area contributed by atoms with Gasteiger partial charge in [0, 0.05) is 16.8 Å². The number of rotatable bonds is 9. The number of nitrogens with one attached hydrogen (secondary N) is 1. The van der Waals surface area contributed by atoms with E-state index in [-0.39, 0.29) is 29.5 Å².